The number of hydrogen-bond donors (Lipinski definition) is 2. The first kappa shape index (κ1) is 6.32. The Morgan fingerprint density at radius 3 is 2.29 bits per heavy atom. The summed E-state index contributed by atoms with van der Waals surface area (Å²) in [5.74, 6) is 4.81. The molecule has 0 atom stereocenters. The van der Waals surface area contributed by atoms with Gasteiger partial charge in [-0.15, -0.1) is 0 Å². The fourth-order valence-electron chi connectivity index (χ4n) is 0.0519. The molecule has 4 N–H and O–H groups in total. The van der Waals surface area contributed by atoms with E-state index < -0.39 is 6.03 Å². The van der Waals surface area contributed by atoms with Gasteiger partial charge >= 0.3 is 6.03 Å². The summed E-state index contributed by atoms with van der Waals surface area (Å²) in [5, 5.41) is 0.620. The number of urea groups is 1. The van der Waals surface area contributed by atoms with Gasteiger partial charge in [0, 0.05) is 0 Å². The van der Waals surface area contributed by atoms with E-state index in [1.807, 2.05) is 0 Å². The topological polar surface area (TPSA) is 72.4 Å². The van der Waals surface area contributed by atoms with E-state index in [0.717, 1.165) is 5.49 Å². The summed E-state index contributed by atoms with van der Waals surface area (Å²) in [6, 6.07) is -0.755. The molecule has 0 aliphatic carbocycles. The summed E-state index contributed by atoms with van der Waals surface area (Å²) in [6.45, 7) is 0. The molecule has 0 aromatic carbocycles. The van der Waals surface area contributed by atoms with Crippen LogP contribution in [0.1, 0.15) is 0 Å². The molecule has 0 spiro atoms. The number of thiocarbonyl (C=S) groups is 1. The van der Waals surface area contributed by atoms with Crippen molar-refractivity contribution in [3.63, 3.8) is 0 Å². The number of carbonyl (C=O) groups is 1. The monoisotopic (exact) mass is 119 g/mol. The van der Waals surface area contributed by atoms with Gasteiger partial charge in [0.15, 0.2) is 0 Å². The van der Waals surface area contributed by atoms with Gasteiger partial charge in [-0.05, 0) is 0 Å². The van der Waals surface area contributed by atoms with Crippen LogP contribution in [-0.2, 0) is 0 Å². The third-order valence-corrected chi connectivity index (χ3v) is 0.595. The van der Waals surface area contributed by atoms with Crippen LogP contribution in [0.15, 0.2) is 0 Å². The van der Waals surface area contributed by atoms with Gasteiger partial charge in [-0.1, -0.05) is 12.2 Å². The van der Waals surface area contributed by atoms with Gasteiger partial charge < -0.3 is 5.73 Å². The molecule has 0 radical (unpaired) electrons. The van der Waals surface area contributed by atoms with Crippen LogP contribution in [0.4, 0.5) is 4.79 Å². The van der Waals surface area contributed by atoms with Gasteiger partial charge in [0.25, 0.3) is 0 Å². The summed E-state index contributed by atoms with van der Waals surface area (Å²) in [4.78, 5) is 9.86. The van der Waals surface area contributed by atoms with Crippen LogP contribution in [0.3, 0.4) is 0 Å². The normalized spacial score (nSPS) is 7.57. The van der Waals surface area contributed by atoms with Gasteiger partial charge in [-0.3, -0.25) is 0 Å². The summed E-state index contributed by atoms with van der Waals surface area (Å²) in [7, 11) is 0. The fourth-order valence-corrected chi connectivity index (χ4v) is 0.156. The first-order chi connectivity index (χ1) is 3.18. The predicted octanol–water partition coefficient (Wildman–Crippen LogP) is -0.802. The number of rotatable bonds is 1. The molecule has 0 heterocycles. The lowest BCUT2D eigenvalue weighted by Gasteiger charge is -2.01. The molecule has 0 bridgehead atoms. The van der Waals surface area contributed by atoms with E-state index in [1.54, 1.807) is 0 Å². The minimum Gasteiger partial charge on any atom is -0.350 e. The SMILES string of the molecule is NC(=O)N(N)C=S. The van der Waals surface area contributed by atoms with Gasteiger partial charge in [0.1, 0.15) is 0 Å². The number of primary amides is 1. The summed E-state index contributed by atoms with van der Waals surface area (Å²) < 4.78 is 0. The maximum Gasteiger partial charge on any atom is 0.333 e. The Bertz CT molecular complexity index is 92.9. The minimum absolute atomic E-state index is 0.620. The second-order valence-corrected chi connectivity index (χ2v) is 1.06. The van der Waals surface area contributed by atoms with Crippen LogP contribution in [0, 0.1) is 0 Å². The Morgan fingerprint density at radius 2 is 2.29 bits per heavy atom. The highest BCUT2D eigenvalue weighted by atomic mass is 32.1. The molecular formula is C2H5N3OS. The second-order valence-electron chi connectivity index (χ2n) is 0.851. The molecule has 0 saturated heterocycles. The van der Waals surface area contributed by atoms with Crippen LogP contribution in [-0.4, -0.2) is 16.5 Å². The molecule has 0 aromatic heterocycles. The molecule has 5 heteroatoms. The van der Waals surface area contributed by atoms with Crippen molar-refractivity contribution in [2.75, 3.05) is 0 Å². The highest BCUT2D eigenvalue weighted by Crippen LogP contribution is 1.65. The predicted molar refractivity (Wildman–Crippen MR) is 29.3 cm³/mol. The third-order valence-electron chi connectivity index (χ3n) is 0.368. The van der Waals surface area contributed by atoms with Gasteiger partial charge in [-0.2, -0.15) is 0 Å². The van der Waals surface area contributed by atoms with Crippen LogP contribution in [0.25, 0.3) is 0 Å². The highest BCUT2D eigenvalue weighted by Gasteiger charge is 1.94. The van der Waals surface area contributed by atoms with Crippen molar-refractivity contribution in [1.82, 2.24) is 5.01 Å². The molecule has 0 saturated carbocycles. The largest absolute Gasteiger partial charge is 0.350 e. The molecule has 0 aliphatic heterocycles. The molecule has 4 nitrogen and oxygen atoms in total. The highest BCUT2D eigenvalue weighted by molar-refractivity contribution is 7.78. The van der Waals surface area contributed by atoms with Crippen LogP contribution < -0.4 is 11.6 Å². The first-order valence-electron chi connectivity index (χ1n) is 1.47. The Hall–Kier alpha value is -0.680. The molecule has 2 amide bonds. The second kappa shape index (κ2) is 2.49. The average molecular weight is 119 g/mol. The first-order valence-corrected chi connectivity index (χ1v) is 1.94. The smallest absolute Gasteiger partial charge is 0.333 e. The average Bonchev–Trinajstić information content (AvgIpc) is 1.65. The number of carbonyl (C=O) groups excluding carboxylic acids is 1. The van der Waals surface area contributed by atoms with E-state index in [1.165, 1.54) is 0 Å². The Balaban J connectivity index is 3.55. The molecule has 7 heavy (non-hydrogen) atoms. The zero-order chi connectivity index (χ0) is 5.86. The Kier molecular flexibility index (Phi) is 2.24. The third kappa shape index (κ3) is 2.07. The van der Waals surface area contributed by atoms with Crippen LogP contribution in [0.2, 0.25) is 0 Å². The lowest BCUT2D eigenvalue weighted by atomic mass is 11.0. The van der Waals surface area contributed by atoms with E-state index in [4.69, 9.17) is 5.84 Å². The number of nitrogens with two attached hydrogens (primary N) is 2. The van der Waals surface area contributed by atoms with E-state index in [2.05, 4.69) is 18.0 Å². The van der Waals surface area contributed by atoms with Crippen molar-refractivity contribution in [1.29, 1.82) is 0 Å². The molecular weight excluding hydrogens is 114 g/mol. The van der Waals surface area contributed by atoms with E-state index in [0.29, 0.717) is 5.01 Å². The molecule has 0 rings (SSSR count). The zero-order valence-electron chi connectivity index (χ0n) is 3.50. The zero-order valence-corrected chi connectivity index (χ0v) is 4.31. The van der Waals surface area contributed by atoms with Gasteiger partial charge in [0.2, 0.25) is 0 Å². The van der Waals surface area contributed by atoms with Crippen molar-refractivity contribution in [3.05, 3.63) is 0 Å². The van der Waals surface area contributed by atoms with Crippen molar-refractivity contribution in [3.8, 4) is 0 Å². The summed E-state index contributed by atoms with van der Waals surface area (Å²) in [5.41, 5.74) is 5.57. The molecule has 0 aromatic rings. The van der Waals surface area contributed by atoms with Crippen molar-refractivity contribution < 1.29 is 4.79 Å². The Labute approximate surface area is 46.0 Å². The maximum absolute atomic E-state index is 9.86. The molecule has 0 unspecified atom stereocenters. The summed E-state index contributed by atoms with van der Waals surface area (Å²) >= 11 is 4.23. The van der Waals surface area contributed by atoms with E-state index in [9.17, 15) is 4.79 Å². The van der Waals surface area contributed by atoms with E-state index >= 15 is 0 Å². The Morgan fingerprint density at radius 1 is 1.86 bits per heavy atom. The number of hydrogen-bond acceptors (Lipinski definition) is 3. The number of nitrogens with zero attached hydrogens (tertiary/aromatic N) is 1. The molecule has 0 aliphatic rings. The fraction of sp³-hybridized carbons (Fsp3) is 0. The van der Waals surface area contributed by atoms with Crippen molar-refractivity contribution >= 4 is 23.7 Å². The van der Waals surface area contributed by atoms with E-state index in [-0.39, 0.29) is 0 Å². The van der Waals surface area contributed by atoms with Gasteiger partial charge in [-0.25, -0.2) is 15.6 Å². The number of hydrazine groups is 1. The quantitative estimate of drug-likeness (QED) is 0.205. The minimum atomic E-state index is -0.755. The van der Waals surface area contributed by atoms with Crippen molar-refractivity contribution in [2.45, 2.75) is 0 Å². The lowest BCUT2D eigenvalue weighted by molar-refractivity contribution is 0.232. The van der Waals surface area contributed by atoms with Gasteiger partial charge in [0.05, 0.1) is 5.49 Å². The standard InChI is InChI=1S/C2H5N3OS/c3-2(6)5(4)1-7/h1H,4H2,(H2,3,6). The molecule has 40 valence electrons. The molecule has 0 fully saturated rings. The summed E-state index contributed by atoms with van der Waals surface area (Å²) in [6.07, 6.45) is 0. The van der Waals surface area contributed by atoms with Crippen LogP contribution >= 0.6 is 12.2 Å². The number of amides is 2. The maximum atomic E-state index is 9.86. The lowest BCUT2D eigenvalue weighted by Crippen LogP contribution is -2.39. The van der Waals surface area contributed by atoms with Crippen LogP contribution in [0.5, 0.6) is 0 Å². The van der Waals surface area contributed by atoms with Crippen molar-refractivity contribution in [2.24, 2.45) is 11.6 Å².